The minimum Gasteiger partial charge on any atom is -0.493 e. The minimum atomic E-state index is -0.741. The summed E-state index contributed by atoms with van der Waals surface area (Å²) < 4.78 is 6.72. The van der Waals surface area contributed by atoms with Crippen LogP contribution in [-0.2, 0) is 11.2 Å². The molecule has 0 unspecified atom stereocenters. The summed E-state index contributed by atoms with van der Waals surface area (Å²) in [7, 11) is 0. The average molecular weight is 313 g/mol. The molecule has 0 radical (unpaired) electrons. The molecule has 1 aliphatic rings. The number of carboxylic acid groups (broad SMARTS) is 1. The molecule has 0 heterocycles. The number of carbonyl (C=O) groups is 1. The predicted octanol–water partition coefficient (Wildman–Crippen LogP) is 3.65. The van der Waals surface area contributed by atoms with Crippen LogP contribution in [0.3, 0.4) is 0 Å². The SMILES string of the molecule is O=C(O)CCCc1cc(Br)cc(OCC2CC2)c1. The van der Waals surface area contributed by atoms with E-state index in [0.29, 0.717) is 6.42 Å². The highest BCUT2D eigenvalue weighted by Crippen LogP contribution is 2.30. The first-order valence-corrected chi connectivity index (χ1v) is 7.07. The van der Waals surface area contributed by atoms with Gasteiger partial charge in [-0.15, -0.1) is 0 Å². The van der Waals surface area contributed by atoms with E-state index in [1.807, 2.05) is 18.2 Å². The molecular formula is C14H17BrO3. The lowest BCUT2D eigenvalue weighted by Gasteiger charge is -2.08. The highest BCUT2D eigenvalue weighted by atomic mass is 79.9. The van der Waals surface area contributed by atoms with Crippen LogP contribution in [-0.4, -0.2) is 17.7 Å². The zero-order chi connectivity index (χ0) is 13.0. The summed E-state index contributed by atoms with van der Waals surface area (Å²) >= 11 is 3.46. The van der Waals surface area contributed by atoms with Gasteiger partial charge in [-0.3, -0.25) is 4.79 Å². The monoisotopic (exact) mass is 312 g/mol. The van der Waals surface area contributed by atoms with E-state index >= 15 is 0 Å². The zero-order valence-electron chi connectivity index (χ0n) is 10.2. The summed E-state index contributed by atoms with van der Waals surface area (Å²) in [5.74, 6) is 0.872. The van der Waals surface area contributed by atoms with Crippen molar-refractivity contribution in [2.45, 2.75) is 32.1 Å². The molecule has 1 N–H and O–H groups in total. The number of aryl methyl sites for hydroxylation is 1. The van der Waals surface area contributed by atoms with Crippen LogP contribution in [0, 0.1) is 5.92 Å². The highest BCUT2D eigenvalue weighted by molar-refractivity contribution is 9.10. The van der Waals surface area contributed by atoms with E-state index in [4.69, 9.17) is 9.84 Å². The van der Waals surface area contributed by atoms with Gasteiger partial charge in [0.2, 0.25) is 0 Å². The van der Waals surface area contributed by atoms with Gasteiger partial charge < -0.3 is 9.84 Å². The molecule has 98 valence electrons. The van der Waals surface area contributed by atoms with Gasteiger partial charge >= 0.3 is 5.97 Å². The second kappa shape index (κ2) is 6.23. The van der Waals surface area contributed by atoms with Gasteiger partial charge in [0, 0.05) is 10.9 Å². The van der Waals surface area contributed by atoms with Gasteiger partial charge in [0.05, 0.1) is 6.61 Å². The Kier molecular flexibility index (Phi) is 4.64. The number of halogens is 1. The van der Waals surface area contributed by atoms with Gasteiger partial charge in [-0.25, -0.2) is 0 Å². The van der Waals surface area contributed by atoms with E-state index in [9.17, 15) is 4.79 Å². The number of hydrogen-bond acceptors (Lipinski definition) is 2. The third-order valence-corrected chi connectivity index (χ3v) is 3.43. The molecule has 1 aromatic carbocycles. The van der Waals surface area contributed by atoms with Crippen molar-refractivity contribution in [1.82, 2.24) is 0 Å². The molecule has 1 fully saturated rings. The van der Waals surface area contributed by atoms with Crippen LogP contribution >= 0.6 is 15.9 Å². The molecule has 1 aromatic rings. The lowest BCUT2D eigenvalue weighted by atomic mass is 10.1. The Morgan fingerprint density at radius 2 is 2.17 bits per heavy atom. The quantitative estimate of drug-likeness (QED) is 0.836. The first-order valence-electron chi connectivity index (χ1n) is 6.27. The van der Waals surface area contributed by atoms with E-state index in [2.05, 4.69) is 15.9 Å². The first-order chi connectivity index (χ1) is 8.63. The maximum Gasteiger partial charge on any atom is 0.303 e. The van der Waals surface area contributed by atoms with Gasteiger partial charge in [0.15, 0.2) is 0 Å². The molecule has 0 aliphatic heterocycles. The lowest BCUT2D eigenvalue weighted by Crippen LogP contribution is -2.00. The number of hydrogen-bond donors (Lipinski definition) is 1. The van der Waals surface area contributed by atoms with Gasteiger partial charge in [-0.05, 0) is 55.4 Å². The van der Waals surface area contributed by atoms with Crippen molar-refractivity contribution in [2.75, 3.05) is 6.61 Å². The normalized spacial score (nSPS) is 14.5. The van der Waals surface area contributed by atoms with Crippen LogP contribution in [0.4, 0.5) is 0 Å². The summed E-state index contributed by atoms with van der Waals surface area (Å²) in [6, 6.07) is 5.99. The summed E-state index contributed by atoms with van der Waals surface area (Å²) in [4.78, 5) is 10.5. The zero-order valence-corrected chi connectivity index (χ0v) is 11.8. The molecule has 2 rings (SSSR count). The van der Waals surface area contributed by atoms with Gasteiger partial charge in [0.25, 0.3) is 0 Å². The maximum absolute atomic E-state index is 10.5. The Balaban J connectivity index is 1.89. The van der Waals surface area contributed by atoms with Crippen molar-refractivity contribution in [1.29, 1.82) is 0 Å². The van der Waals surface area contributed by atoms with Gasteiger partial charge in [-0.2, -0.15) is 0 Å². The predicted molar refractivity (Wildman–Crippen MR) is 72.9 cm³/mol. The summed E-state index contributed by atoms with van der Waals surface area (Å²) in [6.07, 6.45) is 4.20. The molecule has 0 saturated heterocycles. The van der Waals surface area contributed by atoms with Crippen LogP contribution in [0.5, 0.6) is 5.75 Å². The first kappa shape index (κ1) is 13.4. The fourth-order valence-electron chi connectivity index (χ4n) is 1.79. The maximum atomic E-state index is 10.5. The molecule has 1 aliphatic carbocycles. The molecule has 0 aromatic heterocycles. The van der Waals surface area contributed by atoms with Crippen molar-refractivity contribution in [3.63, 3.8) is 0 Å². The van der Waals surface area contributed by atoms with Gasteiger partial charge in [-0.1, -0.05) is 15.9 Å². The van der Waals surface area contributed by atoms with Crippen LogP contribution in [0.25, 0.3) is 0 Å². The topological polar surface area (TPSA) is 46.5 Å². The minimum absolute atomic E-state index is 0.213. The number of benzene rings is 1. The van der Waals surface area contributed by atoms with Gasteiger partial charge in [0.1, 0.15) is 5.75 Å². The molecule has 0 bridgehead atoms. The molecule has 4 heteroatoms. The second-order valence-corrected chi connectivity index (χ2v) is 5.71. The van der Waals surface area contributed by atoms with Crippen molar-refractivity contribution >= 4 is 21.9 Å². The standard InChI is InChI=1S/C14H17BrO3/c15-12-6-11(2-1-3-14(16)17)7-13(8-12)18-9-10-4-5-10/h6-8,10H,1-5,9H2,(H,16,17). The van der Waals surface area contributed by atoms with Crippen molar-refractivity contribution in [3.05, 3.63) is 28.2 Å². The Bertz CT molecular complexity index is 427. The van der Waals surface area contributed by atoms with E-state index in [-0.39, 0.29) is 6.42 Å². The van der Waals surface area contributed by atoms with E-state index in [1.54, 1.807) is 0 Å². The molecular weight excluding hydrogens is 296 g/mol. The second-order valence-electron chi connectivity index (χ2n) is 4.80. The Hall–Kier alpha value is -1.03. The third kappa shape index (κ3) is 4.69. The Morgan fingerprint density at radius 3 is 2.83 bits per heavy atom. The van der Waals surface area contributed by atoms with Crippen LogP contribution in [0.15, 0.2) is 22.7 Å². The number of carboxylic acids is 1. The number of ether oxygens (including phenoxy) is 1. The van der Waals surface area contributed by atoms with E-state index in [0.717, 1.165) is 34.7 Å². The van der Waals surface area contributed by atoms with Crippen molar-refractivity contribution in [2.24, 2.45) is 5.92 Å². The summed E-state index contributed by atoms with van der Waals surface area (Å²) in [5.41, 5.74) is 1.12. The van der Waals surface area contributed by atoms with E-state index < -0.39 is 5.97 Å². The van der Waals surface area contributed by atoms with Crippen LogP contribution in [0.1, 0.15) is 31.2 Å². The Morgan fingerprint density at radius 1 is 1.39 bits per heavy atom. The van der Waals surface area contributed by atoms with E-state index in [1.165, 1.54) is 12.8 Å². The number of rotatable bonds is 7. The third-order valence-electron chi connectivity index (χ3n) is 2.97. The number of aliphatic carboxylic acids is 1. The fourth-order valence-corrected chi connectivity index (χ4v) is 2.31. The highest BCUT2D eigenvalue weighted by Gasteiger charge is 2.21. The summed E-state index contributed by atoms with van der Waals surface area (Å²) in [6.45, 7) is 0.797. The van der Waals surface area contributed by atoms with Crippen molar-refractivity contribution < 1.29 is 14.6 Å². The molecule has 0 atom stereocenters. The molecule has 18 heavy (non-hydrogen) atoms. The molecule has 1 saturated carbocycles. The smallest absolute Gasteiger partial charge is 0.303 e. The van der Waals surface area contributed by atoms with Crippen LogP contribution in [0.2, 0.25) is 0 Å². The summed E-state index contributed by atoms with van der Waals surface area (Å²) in [5, 5.41) is 8.62. The molecule has 0 amide bonds. The molecule has 0 spiro atoms. The Labute approximate surface area is 115 Å². The molecule has 3 nitrogen and oxygen atoms in total. The lowest BCUT2D eigenvalue weighted by molar-refractivity contribution is -0.137. The van der Waals surface area contributed by atoms with Crippen molar-refractivity contribution in [3.8, 4) is 5.75 Å². The average Bonchev–Trinajstić information content (AvgIpc) is 3.09. The fraction of sp³-hybridized carbons (Fsp3) is 0.500. The van der Waals surface area contributed by atoms with Crippen LogP contribution < -0.4 is 4.74 Å². The largest absolute Gasteiger partial charge is 0.493 e.